The smallest absolute Gasteiger partial charge is 0.220 e. The number of rotatable bonds is 6. The van der Waals surface area contributed by atoms with Crippen LogP contribution in [0.1, 0.15) is 57.1 Å². The van der Waals surface area contributed by atoms with Gasteiger partial charge in [0.25, 0.3) is 0 Å². The lowest BCUT2D eigenvalue weighted by atomic mass is 9.89. The lowest BCUT2D eigenvalue weighted by Crippen LogP contribution is -2.41. The quantitative estimate of drug-likeness (QED) is 0.749. The molecule has 1 aromatic carbocycles. The minimum Gasteiger partial charge on any atom is -0.388 e. The lowest BCUT2D eigenvalue weighted by molar-refractivity contribution is -0.123. The van der Waals surface area contributed by atoms with E-state index in [0.717, 1.165) is 12.8 Å². The lowest BCUT2D eigenvalue weighted by Gasteiger charge is -2.29. The molecule has 1 amide bonds. The number of hydrogen-bond donors (Lipinski definition) is 3. The second-order valence-electron chi connectivity index (χ2n) is 7.45. The van der Waals surface area contributed by atoms with Crippen LogP contribution in [0.2, 0.25) is 0 Å². The zero-order valence-corrected chi connectivity index (χ0v) is 14.2. The van der Waals surface area contributed by atoms with Crippen LogP contribution in [0.3, 0.4) is 0 Å². The monoisotopic (exact) mass is 334 g/mol. The van der Waals surface area contributed by atoms with Gasteiger partial charge in [0.15, 0.2) is 0 Å². The fraction of sp³-hybridized carbons (Fsp3) is 0.632. The Morgan fingerprint density at radius 2 is 1.92 bits per heavy atom. The molecular weight excluding hydrogens is 307 g/mol. The van der Waals surface area contributed by atoms with Gasteiger partial charge in [0, 0.05) is 24.5 Å². The predicted octanol–water partition coefficient (Wildman–Crippen LogP) is 2.67. The number of amides is 1. The first-order valence-electron chi connectivity index (χ1n) is 8.98. The highest BCUT2D eigenvalue weighted by Gasteiger charge is 2.34. The van der Waals surface area contributed by atoms with Crippen molar-refractivity contribution in [3.05, 3.63) is 35.6 Å². The van der Waals surface area contributed by atoms with Gasteiger partial charge in [-0.2, -0.15) is 0 Å². The second kappa shape index (κ2) is 7.62. The first-order chi connectivity index (χ1) is 11.5. The number of hydrogen-bond acceptors (Lipinski definition) is 3. The van der Waals surface area contributed by atoms with Crippen LogP contribution < -0.4 is 10.6 Å². The maximum absolute atomic E-state index is 12.9. The molecular formula is C19H27FN2O2. The van der Waals surface area contributed by atoms with Crippen LogP contribution in [0.25, 0.3) is 0 Å². The summed E-state index contributed by atoms with van der Waals surface area (Å²) in [6.07, 6.45) is 4.97. The maximum Gasteiger partial charge on any atom is 0.220 e. The zero-order valence-electron chi connectivity index (χ0n) is 14.2. The molecule has 0 radical (unpaired) electrons. The van der Waals surface area contributed by atoms with Crippen LogP contribution >= 0.6 is 0 Å². The molecule has 4 atom stereocenters. The summed E-state index contributed by atoms with van der Waals surface area (Å²) in [7, 11) is 0. The van der Waals surface area contributed by atoms with Crippen molar-refractivity contribution in [2.75, 3.05) is 0 Å². The minimum absolute atomic E-state index is 0.0695. The average Bonchev–Trinajstić information content (AvgIpc) is 2.86. The summed E-state index contributed by atoms with van der Waals surface area (Å²) in [6.45, 7) is 1.90. The third kappa shape index (κ3) is 4.54. The van der Waals surface area contributed by atoms with Crippen LogP contribution in [-0.4, -0.2) is 29.1 Å². The van der Waals surface area contributed by atoms with Crippen LogP contribution in [-0.2, 0) is 4.79 Å². The van der Waals surface area contributed by atoms with Gasteiger partial charge in [-0.3, -0.25) is 4.79 Å². The highest BCUT2D eigenvalue weighted by atomic mass is 19.1. The molecule has 24 heavy (non-hydrogen) atoms. The van der Waals surface area contributed by atoms with Gasteiger partial charge in [-0.15, -0.1) is 0 Å². The number of carbonyl (C=O) groups excluding carboxylic acids is 1. The molecule has 2 bridgehead atoms. The van der Waals surface area contributed by atoms with Crippen molar-refractivity contribution in [3.63, 3.8) is 0 Å². The second-order valence-corrected chi connectivity index (χ2v) is 7.45. The third-order valence-corrected chi connectivity index (χ3v) is 5.28. The maximum atomic E-state index is 12.9. The van der Waals surface area contributed by atoms with Gasteiger partial charge < -0.3 is 15.7 Å². The van der Waals surface area contributed by atoms with E-state index >= 15 is 0 Å². The molecule has 2 fully saturated rings. The molecule has 4 unspecified atom stereocenters. The summed E-state index contributed by atoms with van der Waals surface area (Å²) in [6, 6.07) is 6.92. The highest BCUT2D eigenvalue weighted by Crippen LogP contribution is 2.32. The van der Waals surface area contributed by atoms with Gasteiger partial charge in [0.1, 0.15) is 5.82 Å². The molecule has 1 aromatic rings. The Morgan fingerprint density at radius 1 is 1.29 bits per heavy atom. The van der Waals surface area contributed by atoms with Crippen molar-refractivity contribution in [1.82, 2.24) is 10.6 Å². The van der Waals surface area contributed by atoms with E-state index in [9.17, 15) is 14.3 Å². The van der Waals surface area contributed by atoms with E-state index < -0.39 is 6.10 Å². The van der Waals surface area contributed by atoms with Gasteiger partial charge in [-0.05, 0) is 62.6 Å². The van der Waals surface area contributed by atoms with E-state index in [4.69, 9.17) is 0 Å². The molecule has 2 aliphatic rings. The van der Waals surface area contributed by atoms with E-state index in [1.54, 1.807) is 12.1 Å². The van der Waals surface area contributed by atoms with Crippen molar-refractivity contribution in [2.45, 2.75) is 69.7 Å². The highest BCUT2D eigenvalue weighted by molar-refractivity contribution is 5.76. The van der Waals surface area contributed by atoms with Crippen molar-refractivity contribution < 1.29 is 14.3 Å². The number of nitrogens with one attached hydrogen (secondary N) is 2. The van der Waals surface area contributed by atoms with Crippen LogP contribution in [0.15, 0.2) is 24.3 Å². The zero-order chi connectivity index (χ0) is 17.1. The number of benzene rings is 1. The number of carbonyl (C=O) groups is 1. The first-order valence-corrected chi connectivity index (χ1v) is 8.98. The molecule has 5 heteroatoms. The fourth-order valence-corrected chi connectivity index (χ4v) is 4.15. The number of aliphatic hydroxyl groups is 1. The Kier molecular flexibility index (Phi) is 5.51. The minimum atomic E-state index is -0.698. The number of halogens is 1. The van der Waals surface area contributed by atoms with Gasteiger partial charge in [-0.1, -0.05) is 12.1 Å². The summed E-state index contributed by atoms with van der Waals surface area (Å²) in [4.78, 5) is 12.3. The van der Waals surface area contributed by atoms with Crippen LogP contribution in [0.4, 0.5) is 4.39 Å². The summed E-state index contributed by atoms with van der Waals surface area (Å²) in [5.74, 6) is 0.223. The Bertz CT molecular complexity index is 551. The third-order valence-electron chi connectivity index (χ3n) is 5.28. The fourth-order valence-electron chi connectivity index (χ4n) is 4.15. The number of aliphatic hydroxyl groups excluding tert-OH is 1. The van der Waals surface area contributed by atoms with Gasteiger partial charge >= 0.3 is 0 Å². The Morgan fingerprint density at radius 3 is 2.54 bits per heavy atom. The van der Waals surface area contributed by atoms with Gasteiger partial charge in [0.2, 0.25) is 5.91 Å². The normalized spacial score (nSPS) is 28.4. The summed E-state index contributed by atoms with van der Waals surface area (Å²) in [5, 5.41) is 16.8. The van der Waals surface area contributed by atoms with Crippen molar-refractivity contribution >= 4 is 5.91 Å². The molecule has 3 N–H and O–H groups in total. The Balaban J connectivity index is 1.43. The van der Waals surface area contributed by atoms with E-state index in [1.165, 1.54) is 25.0 Å². The van der Waals surface area contributed by atoms with E-state index in [-0.39, 0.29) is 17.8 Å². The average molecular weight is 334 g/mol. The standard InChI is InChI=1S/C19H27FN2O2/c1-12(8-18(23)14-2-4-15(20)5-3-14)21-19(24)11-13-9-16-6-7-17(10-13)22-16/h2-5,12-13,16-18,22-23H,6-11H2,1H3,(H,21,24). The largest absolute Gasteiger partial charge is 0.388 e. The molecule has 2 aliphatic heterocycles. The molecule has 0 aromatic heterocycles. The summed E-state index contributed by atoms with van der Waals surface area (Å²) in [5.41, 5.74) is 0.674. The predicted molar refractivity (Wildman–Crippen MR) is 90.9 cm³/mol. The van der Waals surface area contributed by atoms with Gasteiger partial charge in [0.05, 0.1) is 6.10 Å². The summed E-state index contributed by atoms with van der Waals surface area (Å²) < 4.78 is 12.9. The molecule has 2 heterocycles. The van der Waals surface area contributed by atoms with E-state index in [2.05, 4.69) is 10.6 Å². The first kappa shape index (κ1) is 17.4. The topological polar surface area (TPSA) is 61.4 Å². The van der Waals surface area contributed by atoms with E-state index in [1.807, 2.05) is 6.92 Å². The molecule has 0 aliphatic carbocycles. The van der Waals surface area contributed by atoms with Crippen molar-refractivity contribution in [2.24, 2.45) is 5.92 Å². The van der Waals surface area contributed by atoms with Crippen molar-refractivity contribution in [3.8, 4) is 0 Å². The molecule has 2 saturated heterocycles. The molecule has 3 rings (SSSR count). The van der Waals surface area contributed by atoms with Crippen molar-refractivity contribution in [1.29, 1.82) is 0 Å². The SMILES string of the molecule is CC(CC(O)c1ccc(F)cc1)NC(=O)CC1CC2CCC(C1)N2. The Hall–Kier alpha value is -1.46. The van der Waals surface area contributed by atoms with Crippen LogP contribution in [0.5, 0.6) is 0 Å². The number of fused-ring (bicyclic) bond motifs is 2. The summed E-state index contributed by atoms with van der Waals surface area (Å²) >= 11 is 0. The van der Waals surface area contributed by atoms with E-state index in [0.29, 0.717) is 36.4 Å². The molecule has 0 spiro atoms. The van der Waals surface area contributed by atoms with Crippen LogP contribution in [0, 0.1) is 11.7 Å². The molecule has 4 nitrogen and oxygen atoms in total. The van der Waals surface area contributed by atoms with Gasteiger partial charge in [-0.25, -0.2) is 4.39 Å². The number of piperidine rings is 1. The molecule has 0 saturated carbocycles. The Labute approximate surface area is 142 Å². The molecule has 132 valence electrons.